The van der Waals surface area contributed by atoms with Crippen LogP contribution in [0.2, 0.25) is 0 Å². The molecule has 2 N–H and O–H groups in total. The van der Waals surface area contributed by atoms with Gasteiger partial charge in [0.25, 0.3) is 0 Å². The van der Waals surface area contributed by atoms with E-state index < -0.39 is 0 Å². The van der Waals surface area contributed by atoms with Crippen LogP contribution in [-0.4, -0.2) is 19.8 Å². The quantitative estimate of drug-likeness (QED) is 0.281. The van der Waals surface area contributed by atoms with Gasteiger partial charge in [0.05, 0.1) is 29.2 Å². The Balaban J connectivity index is 1.57. The molecule has 2 atom stereocenters. The number of para-hydroxylation sites is 2. The maximum absolute atomic E-state index is 10.8. The molecule has 6 heteroatoms. The number of pyridine rings is 1. The van der Waals surface area contributed by atoms with Crippen molar-refractivity contribution in [2.75, 3.05) is 4.90 Å². The lowest BCUT2D eigenvalue weighted by Gasteiger charge is -2.28. The Kier molecular flexibility index (Phi) is 5.46. The first-order chi connectivity index (χ1) is 17.5. The molecule has 3 aromatic carbocycles. The minimum absolute atomic E-state index is 0.181. The van der Waals surface area contributed by atoms with Crippen LogP contribution in [0.4, 0.5) is 5.69 Å². The third-order valence-electron chi connectivity index (χ3n) is 7.04. The molecule has 0 aliphatic carbocycles. The van der Waals surface area contributed by atoms with Crippen LogP contribution >= 0.6 is 12.2 Å². The number of rotatable bonds is 4. The Morgan fingerprint density at radius 1 is 0.861 bits per heavy atom. The van der Waals surface area contributed by atoms with Crippen LogP contribution in [0.1, 0.15) is 34.7 Å². The van der Waals surface area contributed by atoms with Crippen molar-refractivity contribution < 1.29 is 5.11 Å². The summed E-state index contributed by atoms with van der Waals surface area (Å²) in [6, 6.07) is 30.0. The lowest BCUT2D eigenvalue weighted by Crippen LogP contribution is -2.29. The van der Waals surface area contributed by atoms with E-state index in [1.807, 2.05) is 41.3 Å². The first-order valence-corrected chi connectivity index (χ1v) is 12.4. The molecule has 36 heavy (non-hydrogen) atoms. The zero-order chi connectivity index (χ0) is 24.8. The summed E-state index contributed by atoms with van der Waals surface area (Å²) < 4.78 is 2.32. The molecule has 1 aliphatic heterocycles. The maximum atomic E-state index is 10.8. The van der Waals surface area contributed by atoms with E-state index in [0.29, 0.717) is 10.8 Å². The first kappa shape index (κ1) is 22.3. The van der Waals surface area contributed by atoms with Crippen molar-refractivity contribution in [3.8, 4) is 11.4 Å². The van der Waals surface area contributed by atoms with E-state index in [9.17, 15) is 5.11 Å². The molecular formula is C30H26N4OS. The van der Waals surface area contributed by atoms with E-state index in [1.54, 1.807) is 12.3 Å². The second kappa shape index (κ2) is 8.81. The fraction of sp³-hybridized carbons (Fsp3) is 0.133. The van der Waals surface area contributed by atoms with Crippen molar-refractivity contribution in [2.45, 2.75) is 25.9 Å². The molecule has 0 bridgehead atoms. The van der Waals surface area contributed by atoms with Gasteiger partial charge >= 0.3 is 0 Å². The van der Waals surface area contributed by atoms with Crippen LogP contribution in [0.3, 0.4) is 0 Å². The number of nitrogens with zero attached hydrogens (tertiary/aromatic N) is 3. The molecule has 5 nitrogen and oxygen atoms in total. The first-order valence-electron chi connectivity index (χ1n) is 12.0. The summed E-state index contributed by atoms with van der Waals surface area (Å²) >= 11 is 5.84. The Labute approximate surface area is 215 Å². The van der Waals surface area contributed by atoms with Crippen molar-refractivity contribution in [3.63, 3.8) is 0 Å². The summed E-state index contributed by atoms with van der Waals surface area (Å²) in [5.41, 5.74) is 6.11. The third kappa shape index (κ3) is 3.53. The molecule has 5 aromatic rings. The number of nitrogens with one attached hydrogen (secondary N) is 1. The highest BCUT2D eigenvalue weighted by molar-refractivity contribution is 7.80. The summed E-state index contributed by atoms with van der Waals surface area (Å²) in [7, 11) is 0. The zero-order valence-corrected chi connectivity index (χ0v) is 20.9. The van der Waals surface area contributed by atoms with E-state index in [0.717, 1.165) is 28.3 Å². The highest BCUT2D eigenvalue weighted by Gasteiger charge is 2.43. The largest absolute Gasteiger partial charge is 0.506 e. The Morgan fingerprint density at radius 3 is 2.39 bits per heavy atom. The van der Waals surface area contributed by atoms with E-state index in [-0.39, 0.29) is 17.8 Å². The monoisotopic (exact) mass is 490 g/mol. The average molecular weight is 491 g/mol. The fourth-order valence-corrected chi connectivity index (χ4v) is 5.80. The number of hydrogen-bond acceptors (Lipinski definition) is 3. The highest BCUT2D eigenvalue weighted by atomic mass is 32.1. The SMILES string of the molecule is Cc1cc([C@H]2[C@@H](c3ccccn3)NC(=S)N2c2ccccc2O)c(C)n1-c1cccc2ccccc12. The number of benzene rings is 3. The highest BCUT2D eigenvalue weighted by Crippen LogP contribution is 2.46. The van der Waals surface area contributed by atoms with Crippen molar-refractivity contribution >= 4 is 33.8 Å². The smallest absolute Gasteiger partial charge is 0.174 e. The van der Waals surface area contributed by atoms with E-state index in [1.165, 1.54) is 10.8 Å². The van der Waals surface area contributed by atoms with Crippen molar-refractivity contribution in [3.05, 3.63) is 120 Å². The molecule has 178 valence electrons. The van der Waals surface area contributed by atoms with Gasteiger partial charge in [-0.2, -0.15) is 0 Å². The van der Waals surface area contributed by atoms with E-state index >= 15 is 0 Å². The number of thiocarbonyl (C=S) groups is 1. The minimum Gasteiger partial charge on any atom is -0.506 e. The number of aryl methyl sites for hydroxylation is 1. The van der Waals surface area contributed by atoms with Crippen molar-refractivity contribution in [1.82, 2.24) is 14.9 Å². The summed E-state index contributed by atoms with van der Waals surface area (Å²) in [6.07, 6.45) is 1.80. The number of anilines is 1. The Bertz CT molecular complexity index is 1590. The molecule has 0 amide bonds. The van der Waals surface area contributed by atoms with Crippen LogP contribution in [0.25, 0.3) is 16.5 Å². The van der Waals surface area contributed by atoms with E-state index in [4.69, 9.17) is 12.2 Å². The number of phenolic OH excluding ortho intramolecular Hbond substituents is 1. The Hall–Kier alpha value is -4.16. The lowest BCUT2D eigenvalue weighted by atomic mass is 9.96. The summed E-state index contributed by atoms with van der Waals surface area (Å²) in [6.45, 7) is 4.29. The van der Waals surface area contributed by atoms with Gasteiger partial charge in [0.15, 0.2) is 5.11 Å². The van der Waals surface area contributed by atoms with Gasteiger partial charge in [0.2, 0.25) is 0 Å². The Morgan fingerprint density at radius 2 is 1.58 bits per heavy atom. The molecule has 0 radical (unpaired) electrons. The number of hydrogen-bond donors (Lipinski definition) is 2. The predicted molar refractivity (Wildman–Crippen MR) is 149 cm³/mol. The summed E-state index contributed by atoms with van der Waals surface area (Å²) in [4.78, 5) is 6.69. The van der Waals surface area contributed by atoms with Gasteiger partial charge in [0, 0.05) is 23.0 Å². The van der Waals surface area contributed by atoms with Gasteiger partial charge in [-0.3, -0.25) is 4.98 Å². The number of aromatic nitrogens is 2. The van der Waals surface area contributed by atoms with Crippen LogP contribution in [0.5, 0.6) is 5.75 Å². The second-order valence-corrected chi connectivity index (χ2v) is 9.53. The van der Waals surface area contributed by atoms with Crippen LogP contribution in [0.15, 0.2) is 97.2 Å². The molecular weight excluding hydrogens is 464 g/mol. The molecule has 1 saturated heterocycles. The molecule has 0 saturated carbocycles. The molecule has 0 unspecified atom stereocenters. The molecule has 1 fully saturated rings. The molecule has 0 spiro atoms. The van der Waals surface area contributed by atoms with E-state index in [2.05, 4.69) is 77.2 Å². The minimum atomic E-state index is -0.198. The van der Waals surface area contributed by atoms with Gasteiger partial charge in [-0.05, 0) is 73.4 Å². The van der Waals surface area contributed by atoms with Crippen LogP contribution < -0.4 is 10.2 Å². The average Bonchev–Trinajstić information content (AvgIpc) is 3.39. The number of aromatic hydroxyl groups is 1. The lowest BCUT2D eigenvalue weighted by molar-refractivity contribution is 0.472. The normalized spacial score (nSPS) is 17.5. The maximum Gasteiger partial charge on any atom is 0.174 e. The molecule has 2 aromatic heterocycles. The summed E-state index contributed by atoms with van der Waals surface area (Å²) in [5, 5.41) is 17.2. The number of phenols is 1. The van der Waals surface area contributed by atoms with Crippen molar-refractivity contribution in [1.29, 1.82) is 0 Å². The molecule has 6 rings (SSSR count). The van der Waals surface area contributed by atoms with Gasteiger partial charge in [0.1, 0.15) is 5.75 Å². The topological polar surface area (TPSA) is 53.3 Å². The van der Waals surface area contributed by atoms with Gasteiger partial charge in [-0.25, -0.2) is 0 Å². The standard InChI is InChI=1S/C30H26N4OS/c1-19-18-23(20(2)33(19)25-15-9-11-21-10-3-4-12-22(21)25)29-28(24-13-7-8-17-31-24)32-30(36)34(29)26-14-5-6-16-27(26)35/h3-18,28-29,35H,1-2H3,(H,32,36)/t28-,29+/m1/s1. The van der Waals surface area contributed by atoms with Crippen LogP contribution in [0, 0.1) is 13.8 Å². The second-order valence-electron chi connectivity index (χ2n) is 9.15. The third-order valence-corrected chi connectivity index (χ3v) is 7.35. The van der Waals surface area contributed by atoms with Crippen LogP contribution in [-0.2, 0) is 0 Å². The predicted octanol–water partition coefficient (Wildman–Crippen LogP) is 6.53. The van der Waals surface area contributed by atoms with Gasteiger partial charge in [-0.1, -0.05) is 54.6 Å². The van der Waals surface area contributed by atoms with Gasteiger partial charge < -0.3 is 19.9 Å². The fourth-order valence-electron chi connectivity index (χ4n) is 5.46. The molecule has 3 heterocycles. The molecule has 1 aliphatic rings. The number of fused-ring (bicyclic) bond motifs is 1. The van der Waals surface area contributed by atoms with Crippen molar-refractivity contribution in [2.24, 2.45) is 0 Å². The van der Waals surface area contributed by atoms with Gasteiger partial charge in [-0.15, -0.1) is 0 Å². The zero-order valence-electron chi connectivity index (χ0n) is 20.1. The summed E-state index contributed by atoms with van der Waals surface area (Å²) in [5.74, 6) is 0.191.